The molecule has 0 aromatic heterocycles. The van der Waals surface area contributed by atoms with Crippen LogP contribution in [0.5, 0.6) is 0 Å². The lowest BCUT2D eigenvalue weighted by Gasteiger charge is -2.40. The normalized spacial score (nSPS) is 30.8. The minimum absolute atomic E-state index is 0.120. The fourth-order valence-corrected chi connectivity index (χ4v) is 8.28. The van der Waals surface area contributed by atoms with Crippen molar-refractivity contribution in [3.63, 3.8) is 0 Å². The summed E-state index contributed by atoms with van der Waals surface area (Å²) in [4.78, 5) is 10.2. The summed E-state index contributed by atoms with van der Waals surface area (Å²) in [6.07, 6.45) is 25.4. The number of likely N-dealkylation sites (tertiary alicyclic amines) is 1. The zero-order valence-electron chi connectivity index (χ0n) is 22.6. The first-order chi connectivity index (χ1) is 16.3. The van der Waals surface area contributed by atoms with Gasteiger partial charge in [-0.15, -0.1) is 0 Å². The molecular formula is C28H55NO4P+. The second-order valence-corrected chi connectivity index (χ2v) is 13.5. The van der Waals surface area contributed by atoms with Crippen molar-refractivity contribution in [2.45, 2.75) is 153 Å². The quantitative estimate of drug-likeness (QED) is 0.0793. The summed E-state index contributed by atoms with van der Waals surface area (Å²) in [5.74, 6) is 0.659. The number of unbranched alkanes of at least 4 members (excludes halogenated alkanes) is 15. The van der Waals surface area contributed by atoms with Gasteiger partial charge in [-0.2, -0.15) is 0 Å². The molecule has 0 aromatic carbocycles. The lowest BCUT2D eigenvalue weighted by molar-refractivity contribution is -0.806. The number of hydrogen-bond donors (Lipinski definition) is 1. The minimum atomic E-state index is -3.93. The van der Waals surface area contributed by atoms with Crippen LogP contribution in [0.3, 0.4) is 0 Å². The van der Waals surface area contributed by atoms with Gasteiger partial charge in [-0.05, 0) is 19.3 Å². The van der Waals surface area contributed by atoms with Crippen molar-refractivity contribution < 1.29 is 23.0 Å². The van der Waals surface area contributed by atoms with Crippen LogP contribution in [0.15, 0.2) is 0 Å². The Morgan fingerprint density at radius 3 is 1.76 bits per heavy atom. The van der Waals surface area contributed by atoms with E-state index in [0.29, 0.717) is 24.1 Å². The van der Waals surface area contributed by atoms with E-state index < -0.39 is 7.82 Å². The van der Waals surface area contributed by atoms with E-state index in [0.717, 1.165) is 30.2 Å². The van der Waals surface area contributed by atoms with Crippen LogP contribution in [0.2, 0.25) is 0 Å². The average Bonchev–Trinajstić information content (AvgIpc) is 3.29. The van der Waals surface area contributed by atoms with E-state index in [1.807, 2.05) is 0 Å². The van der Waals surface area contributed by atoms with Gasteiger partial charge in [0, 0.05) is 18.8 Å². The van der Waals surface area contributed by atoms with E-state index in [-0.39, 0.29) is 6.10 Å². The molecule has 2 aliphatic carbocycles. The van der Waals surface area contributed by atoms with E-state index >= 15 is 0 Å². The molecule has 5 atom stereocenters. The van der Waals surface area contributed by atoms with Gasteiger partial charge in [0.25, 0.3) is 0 Å². The lowest BCUT2D eigenvalue weighted by Crippen LogP contribution is -2.47. The van der Waals surface area contributed by atoms with Gasteiger partial charge in [0.15, 0.2) is 5.54 Å². The monoisotopic (exact) mass is 500 g/mol. The first-order valence-corrected chi connectivity index (χ1v) is 16.3. The molecule has 34 heavy (non-hydrogen) atoms. The first-order valence-electron chi connectivity index (χ1n) is 14.8. The molecule has 5 unspecified atom stereocenters. The van der Waals surface area contributed by atoms with Crippen molar-refractivity contribution in [3.05, 3.63) is 0 Å². The van der Waals surface area contributed by atoms with Crippen molar-refractivity contribution >= 4 is 7.82 Å². The maximum absolute atomic E-state index is 12.4. The minimum Gasteiger partial charge on any atom is -0.311 e. The highest BCUT2D eigenvalue weighted by molar-refractivity contribution is 7.47. The molecule has 3 rings (SSSR count). The Morgan fingerprint density at radius 1 is 0.824 bits per heavy atom. The Bertz CT molecular complexity index is 642. The van der Waals surface area contributed by atoms with E-state index in [1.165, 1.54) is 103 Å². The van der Waals surface area contributed by atoms with Crippen molar-refractivity contribution in [1.82, 2.24) is 0 Å². The molecule has 2 saturated carbocycles. The van der Waals surface area contributed by atoms with E-state index in [4.69, 9.17) is 9.05 Å². The van der Waals surface area contributed by atoms with E-state index in [1.54, 1.807) is 0 Å². The second kappa shape index (κ2) is 13.6. The zero-order valence-corrected chi connectivity index (χ0v) is 23.5. The van der Waals surface area contributed by atoms with Gasteiger partial charge in [-0.1, -0.05) is 103 Å². The Labute approximate surface area is 210 Å². The molecule has 3 fully saturated rings. The zero-order chi connectivity index (χ0) is 24.5. The molecule has 0 bridgehead atoms. The summed E-state index contributed by atoms with van der Waals surface area (Å²) in [5.41, 5.74) is 0.466. The third-order valence-corrected chi connectivity index (χ3v) is 10.6. The highest BCUT2D eigenvalue weighted by atomic mass is 31.2. The predicted molar refractivity (Wildman–Crippen MR) is 141 cm³/mol. The summed E-state index contributed by atoms with van der Waals surface area (Å²) in [7, 11) is 0.690. The maximum atomic E-state index is 12.4. The molecule has 1 saturated heterocycles. The number of phosphoric ester groups is 1. The second-order valence-electron chi connectivity index (χ2n) is 12.1. The van der Waals surface area contributed by atoms with E-state index in [9.17, 15) is 9.46 Å². The van der Waals surface area contributed by atoms with Crippen molar-refractivity contribution in [1.29, 1.82) is 0 Å². The smallest absolute Gasteiger partial charge is 0.311 e. The summed E-state index contributed by atoms with van der Waals surface area (Å²) < 4.78 is 24.5. The number of rotatable bonds is 20. The van der Waals surface area contributed by atoms with Crippen LogP contribution >= 0.6 is 7.82 Å². The number of hydrogen-bond acceptors (Lipinski definition) is 3. The molecule has 0 radical (unpaired) electrons. The lowest BCUT2D eigenvalue weighted by atomic mass is 9.64. The summed E-state index contributed by atoms with van der Waals surface area (Å²) in [6, 6.07) is 0.602. The highest BCUT2D eigenvalue weighted by Gasteiger charge is 2.83. The number of likely N-dealkylation sites (N-methyl/N-ethyl adjacent to an activating group) is 1. The number of phosphoric acid groups is 1. The summed E-state index contributed by atoms with van der Waals surface area (Å²) >= 11 is 0. The SMILES string of the molecule is CCCCCCCCCCCCCCCCCCOP(=O)(O)OC1CC2CCC23C(C1)[N+]3(C)C. The largest absolute Gasteiger partial charge is 0.472 e. The predicted octanol–water partition coefficient (Wildman–Crippen LogP) is 8.15. The highest BCUT2D eigenvalue weighted by Crippen LogP contribution is 2.69. The van der Waals surface area contributed by atoms with Gasteiger partial charge in [-0.3, -0.25) is 9.05 Å². The molecule has 3 aliphatic rings. The van der Waals surface area contributed by atoms with Crippen LogP contribution in [0.4, 0.5) is 0 Å². The number of quaternary nitrogens is 1. The molecule has 6 heteroatoms. The molecule has 0 amide bonds. The Morgan fingerprint density at radius 2 is 1.32 bits per heavy atom. The Hall–Kier alpha value is 0.0700. The van der Waals surface area contributed by atoms with Gasteiger partial charge < -0.3 is 9.38 Å². The van der Waals surface area contributed by atoms with Gasteiger partial charge >= 0.3 is 7.82 Å². The molecule has 5 nitrogen and oxygen atoms in total. The maximum Gasteiger partial charge on any atom is 0.472 e. The van der Waals surface area contributed by atoms with Crippen molar-refractivity contribution in [2.75, 3.05) is 20.7 Å². The van der Waals surface area contributed by atoms with Gasteiger partial charge in [0.2, 0.25) is 0 Å². The van der Waals surface area contributed by atoms with Crippen LogP contribution in [0.25, 0.3) is 0 Å². The molecule has 1 heterocycles. The Kier molecular flexibility index (Phi) is 11.4. The molecule has 1 spiro atoms. The summed E-state index contributed by atoms with van der Waals surface area (Å²) in [5, 5.41) is 0. The first kappa shape index (κ1) is 28.6. The van der Waals surface area contributed by atoms with Crippen molar-refractivity contribution in [2.24, 2.45) is 5.92 Å². The standard InChI is InChI=1S/C28H54NO4P/c1-4-5-6-7-8-9-10-11-12-13-14-15-16-17-18-19-22-32-34(30,31)33-26-23-25-20-21-28(25)27(24-26)29(28,2)3/h25-27H,4-24H2,1-3H3/p+1. The molecule has 1 aliphatic heterocycles. The number of nitrogens with zero attached hydrogens (tertiary/aromatic N) is 1. The van der Waals surface area contributed by atoms with Crippen LogP contribution in [-0.2, 0) is 13.6 Å². The van der Waals surface area contributed by atoms with Gasteiger partial charge in [0.1, 0.15) is 6.04 Å². The van der Waals surface area contributed by atoms with Crippen LogP contribution in [-0.4, -0.2) is 47.8 Å². The van der Waals surface area contributed by atoms with Crippen LogP contribution in [0, 0.1) is 5.92 Å². The average molecular weight is 501 g/mol. The van der Waals surface area contributed by atoms with E-state index in [2.05, 4.69) is 21.0 Å². The van der Waals surface area contributed by atoms with Crippen molar-refractivity contribution in [3.8, 4) is 0 Å². The Balaban J connectivity index is 1.10. The third kappa shape index (κ3) is 7.54. The molecule has 200 valence electrons. The molecule has 1 N–H and O–H groups in total. The topological polar surface area (TPSA) is 55.8 Å². The fraction of sp³-hybridized carbons (Fsp3) is 1.00. The van der Waals surface area contributed by atoms with Crippen LogP contribution in [0.1, 0.15) is 135 Å². The van der Waals surface area contributed by atoms with Gasteiger partial charge in [0.05, 0.1) is 26.8 Å². The molecular weight excluding hydrogens is 445 g/mol. The third-order valence-electron chi connectivity index (χ3n) is 9.53. The van der Waals surface area contributed by atoms with Crippen LogP contribution < -0.4 is 0 Å². The summed E-state index contributed by atoms with van der Waals surface area (Å²) in [6.45, 7) is 2.61. The van der Waals surface area contributed by atoms with Gasteiger partial charge in [-0.25, -0.2) is 4.57 Å². The fourth-order valence-electron chi connectivity index (χ4n) is 7.31. The molecule has 0 aromatic rings.